The molecule has 4 nitrogen and oxygen atoms in total. The van der Waals surface area contributed by atoms with Crippen LogP contribution in [0.4, 0.5) is 0 Å². The highest BCUT2D eigenvalue weighted by Crippen LogP contribution is 2.46. The summed E-state index contributed by atoms with van der Waals surface area (Å²) in [5.41, 5.74) is 1.06. The van der Waals surface area contributed by atoms with Crippen LogP contribution in [-0.2, 0) is 19.0 Å². The summed E-state index contributed by atoms with van der Waals surface area (Å²) in [5, 5.41) is 0. The molecule has 1 saturated heterocycles. The Hall–Kier alpha value is -1.13. The molecule has 1 aliphatic rings. The molecule has 0 bridgehead atoms. The van der Waals surface area contributed by atoms with Gasteiger partial charge in [-0.25, -0.2) is 0 Å². The second-order valence-corrected chi connectivity index (χ2v) is 7.43. The van der Waals surface area contributed by atoms with Crippen LogP contribution in [0.2, 0.25) is 0 Å². The predicted octanol–water partition coefficient (Wildman–Crippen LogP) is 4.79. The topological polar surface area (TPSA) is 44.8 Å². The lowest BCUT2D eigenvalue weighted by Crippen LogP contribution is -2.62. The lowest BCUT2D eigenvalue weighted by molar-refractivity contribution is -0.306. The van der Waals surface area contributed by atoms with E-state index in [-0.39, 0.29) is 23.6 Å². The van der Waals surface area contributed by atoms with Gasteiger partial charge in [0.2, 0.25) is 0 Å². The Morgan fingerprint density at radius 1 is 1.25 bits per heavy atom. The molecule has 1 rings (SSSR count). The number of carbonyl (C=O) groups is 1. The van der Waals surface area contributed by atoms with Crippen LogP contribution in [-0.4, -0.2) is 30.1 Å². The van der Waals surface area contributed by atoms with Gasteiger partial charge in [0.05, 0.1) is 6.10 Å². The maximum atomic E-state index is 11.9. The van der Waals surface area contributed by atoms with Gasteiger partial charge in [-0.2, -0.15) is 0 Å². The first-order chi connectivity index (χ1) is 11.0. The Labute approximate surface area is 147 Å². The molecule has 0 aromatic carbocycles. The van der Waals surface area contributed by atoms with E-state index in [1.165, 1.54) is 12.5 Å². The monoisotopic (exact) mass is 338 g/mol. The molecule has 4 atom stereocenters. The van der Waals surface area contributed by atoms with E-state index in [1.54, 1.807) is 6.08 Å². The number of rotatable bonds is 6. The minimum absolute atomic E-state index is 0.0103. The van der Waals surface area contributed by atoms with Gasteiger partial charge in [0.25, 0.3) is 0 Å². The van der Waals surface area contributed by atoms with Gasteiger partial charge in [-0.15, -0.1) is 0 Å². The zero-order valence-corrected chi connectivity index (χ0v) is 16.6. The molecule has 4 heteroatoms. The van der Waals surface area contributed by atoms with Gasteiger partial charge < -0.3 is 14.2 Å². The first-order valence-corrected chi connectivity index (χ1v) is 8.84. The third-order valence-electron chi connectivity index (χ3n) is 5.41. The standard InChI is InChI=1S/C20H34O4/c1-10-13(4)14(5)20(9,24-15(6)21)18-19(7,8)16(11-2)22-17(12-3)23-18/h12,16-18H,3,10-11H2,1-2,4-9H3/b14-13+/t16-,17?,18+,20+/m0/s1. The van der Waals surface area contributed by atoms with Gasteiger partial charge in [-0.05, 0) is 45.3 Å². The highest BCUT2D eigenvalue weighted by Gasteiger charge is 2.55. The fourth-order valence-electron chi connectivity index (χ4n) is 3.73. The molecule has 1 unspecified atom stereocenters. The number of esters is 1. The van der Waals surface area contributed by atoms with Crippen LogP contribution in [0.1, 0.15) is 68.2 Å². The van der Waals surface area contributed by atoms with Gasteiger partial charge in [-0.3, -0.25) is 4.79 Å². The van der Waals surface area contributed by atoms with E-state index in [0.717, 1.165) is 18.4 Å². The molecule has 138 valence electrons. The van der Waals surface area contributed by atoms with Gasteiger partial charge in [0, 0.05) is 12.3 Å². The normalized spacial score (nSPS) is 30.1. The summed E-state index contributed by atoms with van der Waals surface area (Å²) in [4.78, 5) is 11.9. The number of hydrogen-bond donors (Lipinski definition) is 0. The molecular formula is C20H34O4. The molecule has 0 spiro atoms. The van der Waals surface area contributed by atoms with Crippen LogP contribution < -0.4 is 0 Å². The Bertz CT molecular complexity index is 506. The molecule has 0 saturated carbocycles. The Balaban J connectivity index is 3.48. The van der Waals surface area contributed by atoms with Crippen LogP contribution in [0.5, 0.6) is 0 Å². The molecular weight excluding hydrogens is 304 g/mol. The molecule has 0 amide bonds. The fourth-order valence-corrected chi connectivity index (χ4v) is 3.73. The van der Waals surface area contributed by atoms with E-state index in [1.807, 2.05) is 13.8 Å². The van der Waals surface area contributed by atoms with Crippen LogP contribution in [0.15, 0.2) is 23.8 Å². The van der Waals surface area contributed by atoms with E-state index in [9.17, 15) is 4.79 Å². The Morgan fingerprint density at radius 3 is 2.25 bits per heavy atom. The minimum Gasteiger partial charge on any atom is -0.452 e. The Morgan fingerprint density at radius 2 is 1.83 bits per heavy atom. The maximum absolute atomic E-state index is 11.9. The minimum atomic E-state index is -0.853. The summed E-state index contributed by atoms with van der Waals surface area (Å²) >= 11 is 0. The van der Waals surface area contributed by atoms with Gasteiger partial charge in [0.15, 0.2) is 11.9 Å². The quantitative estimate of drug-likeness (QED) is 0.516. The zero-order valence-electron chi connectivity index (χ0n) is 16.6. The lowest BCUT2D eigenvalue weighted by atomic mass is 9.69. The molecule has 0 aromatic heterocycles. The summed E-state index contributed by atoms with van der Waals surface area (Å²) in [6, 6.07) is 0. The van der Waals surface area contributed by atoms with Crippen molar-refractivity contribution in [2.24, 2.45) is 5.41 Å². The Kier molecular flexibility index (Phi) is 6.83. The molecule has 0 N–H and O–H groups in total. The van der Waals surface area contributed by atoms with E-state index in [2.05, 4.69) is 41.2 Å². The summed E-state index contributed by atoms with van der Waals surface area (Å²) in [7, 11) is 0. The van der Waals surface area contributed by atoms with E-state index < -0.39 is 11.9 Å². The van der Waals surface area contributed by atoms with Crippen molar-refractivity contribution >= 4 is 5.97 Å². The second kappa shape index (κ2) is 7.83. The van der Waals surface area contributed by atoms with E-state index in [0.29, 0.717) is 0 Å². The largest absolute Gasteiger partial charge is 0.452 e. The third kappa shape index (κ3) is 3.92. The van der Waals surface area contributed by atoms with Crippen molar-refractivity contribution in [3.63, 3.8) is 0 Å². The molecule has 1 heterocycles. The van der Waals surface area contributed by atoms with Crippen molar-refractivity contribution in [2.45, 2.75) is 92.3 Å². The molecule has 0 aliphatic carbocycles. The average Bonchev–Trinajstić information content (AvgIpc) is 2.51. The summed E-state index contributed by atoms with van der Waals surface area (Å²) < 4.78 is 18.1. The highest BCUT2D eigenvalue weighted by molar-refractivity contribution is 5.67. The first kappa shape index (κ1) is 20.9. The third-order valence-corrected chi connectivity index (χ3v) is 5.41. The fraction of sp³-hybridized carbons (Fsp3) is 0.750. The number of hydrogen-bond acceptors (Lipinski definition) is 4. The highest BCUT2D eigenvalue weighted by atomic mass is 16.7. The van der Waals surface area contributed by atoms with Crippen LogP contribution >= 0.6 is 0 Å². The van der Waals surface area contributed by atoms with Crippen molar-refractivity contribution in [1.82, 2.24) is 0 Å². The van der Waals surface area contributed by atoms with E-state index in [4.69, 9.17) is 14.2 Å². The molecule has 0 radical (unpaired) electrons. The first-order valence-electron chi connectivity index (χ1n) is 8.84. The number of carbonyl (C=O) groups excluding carboxylic acids is 1. The zero-order chi connectivity index (χ0) is 18.7. The van der Waals surface area contributed by atoms with Crippen LogP contribution in [0.3, 0.4) is 0 Å². The van der Waals surface area contributed by atoms with Gasteiger partial charge >= 0.3 is 5.97 Å². The lowest BCUT2D eigenvalue weighted by Gasteiger charge is -2.53. The molecule has 24 heavy (non-hydrogen) atoms. The van der Waals surface area contributed by atoms with Gasteiger partial charge in [-0.1, -0.05) is 39.8 Å². The van der Waals surface area contributed by atoms with Gasteiger partial charge in [0.1, 0.15) is 6.10 Å². The number of allylic oxidation sites excluding steroid dienone is 1. The average molecular weight is 338 g/mol. The van der Waals surface area contributed by atoms with Crippen molar-refractivity contribution in [3.05, 3.63) is 23.8 Å². The van der Waals surface area contributed by atoms with Crippen LogP contribution in [0.25, 0.3) is 0 Å². The number of ether oxygens (including phenoxy) is 3. The van der Waals surface area contributed by atoms with E-state index >= 15 is 0 Å². The maximum Gasteiger partial charge on any atom is 0.303 e. The summed E-state index contributed by atoms with van der Waals surface area (Å²) in [6.45, 7) is 19.7. The predicted molar refractivity (Wildman–Crippen MR) is 96.6 cm³/mol. The van der Waals surface area contributed by atoms with Crippen molar-refractivity contribution < 1.29 is 19.0 Å². The molecule has 1 fully saturated rings. The second-order valence-electron chi connectivity index (χ2n) is 7.43. The SMILES string of the molecule is C=CC1O[C@@H](CC)C(C)(C)[C@H]([C@](C)(OC(C)=O)/C(C)=C(\C)CC)O1. The van der Waals surface area contributed by atoms with Crippen molar-refractivity contribution in [2.75, 3.05) is 0 Å². The summed E-state index contributed by atoms with van der Waals surface area (Å²) in [6.07, 6.45) is 2.56. The van der Waals surface area contributed by atoms with Crippen LogP contribution in [0, 0.1) is 5.41 Å². The molecule has 1 aliphatic heterocycles. The van der Waals surface area contributed by atoms with Crippen molar-refractivity contribution in [1.29, 1.82) is 0 Å². The smallest absolute Gasteiger partial charge is 0.303 e. The molecule has 0 aromatic rings. The summed E-state index contributed by atoms with van der Waals surface area (Å²) in [5.74, 6) is -0.310. The van der Waals surface area contributed by atoms with Crippen molar-refractivity contribution in [3.8, 4) is 0 Å².